The molecule has 0 saturated heterocycles. The van der Waals surface area contributed by atoms with Crippen LogP contribution in [0.1, 0.15) is 18.9 Å². The standard InChI is InChI=1S/C21H21N5O4S/c1-3-16(24-25-20(31)22-13-7-5-4-6-8-13)17-18(27)23-21(29)26(19(17)28)14-9-11-15(30-2)12-10-14/h4-12,28H,3H2,1-2H3,(H2,22,25,31)(H,23,27,29)/b24-16-. The Morgan fingerprint density at radius 3 is 2.45 bits per heavy atom. The Morgan fingerprint density at radius 2 is 1.84 bits per heavy atom. The van der Waals surface area contributed by atoms with Crippen molar-refractivity contribution in [3.8, 4) is 17.3 Å². The Labute approximate surface area is 183 Å². The highest BCUT2D eigenvalue weighted by Gasteiger charge is 2.19. The van der Waals surface area contributed by atoms with Crippen molar-refractivity contribution >= 4 is 28.7 Å². The highest BCUT2D eigenvalue weighted by Crippen LogP contribution is 2.20. The minimum absolute atomic E-state index is 0.132. The zero-order chi connectivity index (χ0) is 22.4. The van der Waals surface area contributed by atoms with Crippen molar-refractivity contribution in [1.82, 2.24) is 15.0 Å². The van der Waals surface area contributed by atoms with Gasteiger partial charge in [0.15, 0.2) is 5.11 Å². The van der Waals surface area contributed by atoms with E-state index < -0.39 is 17.1 Å². The maximum Gasteiger partial charge on any atom is 0.335 e. The van der Waals surface area contributed by atoms with Gasteiger partial charge in [0, 0.05) is 5.69 Å². The Balaban J connectivity index is 1.95. The molecular formula is C21H21N5O4S. The van der Waals surface area contributed by atoms with E-state index in [1.807, 2.05) is 30.3 Å². The summed E-state index contributed by atoms with van der Waals surface area (Å²) in [5, 5.41) is 18.1. The zero-order valence-corrected chi connectivity index (χ0v) is 17.7. The average molecular weight is 439 g/mol. The summed E-state index contributed by atoms with van der Waals surface area (Å²) < 4.78 is 6.10. The Bertz CT molecular complexity index is 1220. The maximum atomic E-state index is 12.5. The lowest BCUT2D eigenvalue weighted by atomic mass is 10.1. The van der Waals surface area contributed by atoms with Crippen molar-refractivity contribution in [1.29, 1.82) is 0 Å². The van der Waals surface area contributed by atoms with E-state index >= 15 is 0 Å². The van der Waals surface area contributed by atoms with Crippen molar-refractivity contribution in [2.24, 2.45) is 5.10 Å². The molecule has 2 aromatic carbocycles. The SMILES string of the molecule is CC/C(=N/NC(=S)Nc1ccccc1)c1c(O)n(-c2ccc(OC)cc2)c(=O)[nH]c1=O. The molecule has 0 aliphatic heterocycles. The number of benzene rings is 2. The minimum Gasteiger partial charge on any atom is -0.497 e. The number of nitrogens with one attached hydrogen (secondary N) is 3. The molecule has 9 nitrogen and oxygen atoms in total. The van der Waals surface area contributed by atoms with Gasteiger partial charge in [0.1, 0.15) is 11.3 Å². The molecule has 3 rings (SSSR count). The lowest BCUT2D eigenvalue weighted by Gasteiger charge is -2.13. The lowest BCUT2D eigenvalue weighted by molar-refractivity contribution is 0.414. The second-order valence-corrected chi connectivity index (χ2v) is 6.74. The predicted octanol–water partition coefficient (Wildman–Crippen LogP) is 2.34. The molecule has 0 radical (unpaired) electrons. The van der Waals surface area contributed by atoms with Gasteiger partial charge < -0.3 is 15.2 Å². The topological polar surface area (TPSA) is 121 Å². The molecule has 0 unspecified atom stereocenters. The van der Waals surface area contributed by atoms with Gasteiger partial charge in [-0.05, 0) is 55.0 Å². The van der Waals surface area contributed by atoms with Gasteiger partial charge in [-0.2, -0.15) is 5.10 Å². The predicted molar refractivity (Wildman–Crippen MR) is 124 cm³/mol. The molecule has 10 heteroatoms. The molecule has 0 fully saturated rings. The third-order valence-corrected chi connectivity index (χ3v) is 4.56. The number of rotatable bonds is 6. The molecule has 1 aromatic heterocycles. The average Bonchev–Trinajstić information content (AvgIpc) is 2.76. The normalized spacial score (nSPS) is 11.1. The molecule has 0 saturated carbocycles. The Kier molecular flexibility index (Phi) is 6.83. The van der Waals surface area contributed by atoms with Gasteiger partial charge >= 0.3 is 5.69 Å². The summed E-state index contributed by atoms with van der Waals surface area (Å²) in [4.78, 5) is 27.1. The van der Waals surface area contributed by atoms with Crippen LogP contribution in [0.15, 0.2) is 69.3 Å². The largest absolute Gasteiger partial charge is 0.497 e. The van der Waals surface area contributed by atoms with Crippen LogP contribution in [0.2, 0.25) is 0 Å². The molecule has 0 aliphatic rings. The van der Waals surface area contributed by atoms with Crippen LogP contribution in [-0.4, -0.2) is 32.6 Å². The van der Waals surface area contributed by atoms with Crippen molar-refractivity contribution < 1.29 is 9.84 Å². The summed E-state index contributed by atoms with van der Waals surface area (Å²) in [5.74, 6) is 0.0589. The van der Waals surface area contributed by atoms with Crippen LogP contribution in [0.4, 0.5) is 5.69 Å². The van der Waals surface area contributed by atoms with E-state index in [-0.39, 0.29) is 16.4 Å². The summed E-state index contributed by atoms with van der Waals surface area (Å²) in [7, 11) is 1.52. The van der Waals surface area contributed by atoms with Gasteiger partial charge in [0.05, 0.1) is 18.5 Å². The van der Waals surface area contributed by atoms with Crippen LogP contribution >= 0.6 is 12.2 Å². The fourth-order valence-electron chi connectivity index (χ4n) is 2.87. The number of thiocarbonyl (C=S) groups is 1. The van der Waals surface area contributed by atoms with E-state index in [2.05, 4.69) is 20.8 Å². The first kappa shape index (κ1) is 21.8. The van der Waals surface area contributed by atoms with Gasteiger partial charge in [-0.25, -0.2) is 9.36 Å². The second kappa shape index (κ2) is 9.72. The number of anilines is 1. The molecule has 0 amide bonds. The molecule has 0 aliphatic carbocycles. The summed E-state index contributed by atoms with van der Waals surface area (Å²) in [6.07, 6.45) is 0.290. The fraction of sp³-hybridized carbons (Fsp3) is 0.143. The highest BCUT2D eigenvalue weighted by atomic mass is 32.1. The van der Waals surface area contributed by atoms with Crippen LogP contribution < -0.4 is 26.7 Å². The maximum absolute atomic E-state index is 12.5. The van der Waals surface area contributed by atoms with Gasteiger partial charge in [-0.1, -0.05) is 25.1 Å². The van der Waals surface area contributed by atoms with Crippen molar-refractivity contribution in [3.63, 3.8) is 0 Å². The van der Waals surface area contributed by atoms with Crippen molar-refractivity contribution in [2.45, 2.75) is 13.3 Å². The summed E-state index contributed by atoms with van der Waals surface area (Å²) in [5.41, 5.74) is 2.34. The molecule has 0 spiro atoms. The number of aromatic hydroxyl groups is 1. The highest BCUT2D eigenvalue weighted by molar-refractivity contribution is 7.80. The molecule has 0 bridgehead atoms. The fourth-order valence-corrected chi connectivity index (χ4v) is 3.03. The number of hydrogen-bond donors (Lipinski definition) is 4. The van der Waals surface area contributed by atoms with Crippen molar-refractivity contribution in [2.75, 3.05) is 12.4 Å². The lowest BCUT2D eigenvalue weighted by Crippen LogP contribution is -2.34. The molecule has 1 heterocycles. The van der Waals surface area contributed by atoms with Gasteiger partial charge in [0.2, 0.25) is 5.88 Å². The van der Waals surface area contributed by atoms with Crippen LogP contribution in [0.5, 0.6) is 11.6 Å². The summed E-state index contributed by atoms with van der Waals surface area (Å²) in [6.45, 7) is 1.76. The number of aromatic amines is 1. The van der Waals surface area contributed by atoms with Crippen LogP contribution in [0, 0.1) is 0 Å². The molecule has 3 aromatic rings. The third-order valence-electron chi connectivity index (χ3n) is 4.36. The first-order chi connectivity index (χ1) is 14.9. The van der Waals surface area contributed by atoms with Gasteiger partial charge in [-0.15, -0.1) is 0 Å². The van der Waals surface area contributed by atoms with E-state index in [4.69, 9.17) is 17.0 Å². The molecule has 4 N–H and O–H groups in total. The smallest absolute Gasteiger partial charge is 0.335 e. The van der Waals surface area contributed by atoms with Crippen molar-refractivity contribution in [3.05, 3.63) is 81.0 Å². The number of aromatic nitrogens is 2. The molecule has 0 atom stereocenters. The van der Waals surface area contributed by atoms with E-state index in [1.165, 1.54) is 7.11 Å². The van der Waals surface area contributed by atoms with E-state index in [0.717, 1.165) is 10.3 Å². The molecular weight excluding hydrogens is 418 g/mol. The number of hydrazone groups is 1. The van der Waals surface area contributed by atoms with E-state index in [0.29, 0.717) is 17.9 Å². The number of hydrogen-bond acceptors (Lipinski definition) is 6. The van der Waals surface area contributed by atoms with E-state index in [1.54, 1.807) is 31.2 Å². The molecule has 160 valence electrons. The number of ether oxygens (including phenoxy) is 1. The molecule has 31 heavy (non-hydrogen) atoms. The van der Waals surface area contributed by atoms with Crippen LogP contribution in [0.25, 0.3) is 5.69 Å². The Morgan fingerprint density at radius 1 is 1.16 bits per heavy atom. The van der Waals surface area contributed by atoms with Crippen LogP contribution in [-0.2, 0) is 0 Å². The van der Waals surface area contributed by atoms with Gasteiger partial charge in [-0.3, -0.25) is 15.2 Å². The second-order valence-electron chi connectivity index (χ2n) is 6.34. The summed E-state index contributed by atoms with van der Waals surface area (Å²) in [6, 6.07) is 15.7. The number of methoxy groups -OCH3 is 1. The van der Waals surface area contributed by atoms with E-state index in [9.17, 15) is 14.7 Å². The quantitative estimate of drug-likeness (QED) is 0.264. The number of para-hydroxylation sites is 1. The first-order valence-corrected chi connectivity index (χ1v) is 9.77. The minimum atomic E-state index is -0.777. The first-order valence-electron chi connectivity index (χ1n) is 9.36. The number of H-pyrrole nitrogens is 1. The summed E-state index contributed by atoms with van der Waals surface area (Å²) >= 11 is 5.22. The Hall–Kier alpha value is -3.92. The monoisotopic (exact) mass is 439 g/mol. The third kappa shape index (κ3) is 4.98. The van der Waals surface area contributed by atoms with Crippen LogP contribution in [0.3, 0.4) is 0 Å². The number of nitrogens with zero attached hydrogens (tertiary/aromatic N) is 2. The zero-order valence-electron chi connectivity index (χ0n) is 16.9. The van der Waals surface area contributed by atoms with Gasteiger partial charge in [0.25, 0.3) is 5.56 Å².